The van der Waals surface area contributed by atoms with Crippen molar-refractivity contribution in [3.8, 4) is 22.8 Å². The molecule has 1 N–H and O–H groups in total. The highest BCUT2D eigenvalue weighted by Gasteiger charge is 2.21. The van der Waals surface area contributed by atoms with Crippen LogP contribution in [0.2, 0.25) is 0 Å². The van der Waals surface area contributed by atoms with Crippen LogP contribution in [-0.4, -0.2) is 46.0 Å². The second kappa shape index (κ2) is 12.8. The van der Waals surface area contributed by atoms with E-state index in [0.29, 0.717) is 47.0 Å². The van der Waals surface area contributed by atoms with Gasteiger partial charge in [0.2, 0.25) is 0 Å². The van der Waals surface area contributed by atoms with Crippen LogP contribution in [0.15, 0.2) is 59.0 Å². The molecule has 0 saturated heterocycles. The number of furan rings is 1. The lowest BCUT2D eigenvalue weighted by Gasteiger charge is -2.16. The first-order valence-electron chi connectivity index (χ1n) is 10.8. The van der Waals surface area contributed by atoms with E-state index in [0.717, 1.165) is 5.56 Å². The fraction of sp³-hybridized carbons (Fsp3) is 0.346. The summed E-state index contributed by atoms with van der Waals surface area (Å²) in [6, 6.07) is 16.6. The normalized spacial score (nSPS) is 11.8. The number of hydrogen-bond acceptors (Lipinski definition) is 8. The van der Waals surface area contributed by atoms with Crippen LogP contribution >= 0.6 is 0 Å². The maximum absolute atomic E-state index is 12.1. The second-order valence-electron chi connectivity index (χ2n) is 7.54. The largest absolute Gasteiger partial charge is 0.469 e. The lowest BCUT2D eigenvalue weighted by molar-refractivity contribution is -0.139. The van der Waals surface area contributed by atoms with Gasteiger partial charge in [0.05, 0.1) is 25.2 Å². The van der Waals surface area contributed by atoms with Crippen molar-refractivity contribution in [1.82, 2.24) is 0 Å². The van der Waals surface area contributed by atoms with Crippen LogP contribution in [0.1, 0.15) is 29.4 Å². The summed E-state index contributed by atoms with van der Waals surface area (Å²) in [6.07, 6.45) is 0.429. The van der Waals surface area contributed by atoms with Gasteiger partial charge in [-0.25, -0.2) is 0 Å². The highest BCUT2D eigenvalue weighted by atomic mass is 16.7. The van der Waals surface area contributed by atoms with Crippen molar-refractivity contribution < 1.29 is 38.0 Å². The summed E-state index contributed by atoms with van der Waals surface area (Å²) in [5, 5.41) is 10.5. The fourth-order valence-electron chi connectivity index (χ4n) is 3.51. The van der Waals surface area contributed by atoms with Crippen molar-refractivity contribution in [3.05, 3.63) is 71.5 Å². The molecule has 1 atom stereocenters. The highest BCUT2D eigenvalue weighted by molar-refractivity contribution is 5.80. The molecule has 1 aromatic heterocycles. The average molecular weight is 471 g/mol. The van der Waals surface area contributed by atoms with E-state index < -0.39 is 12.1 Å². The molecule has 2 aromatic carbocycles. The number of hydrogen-bond donors (Lipinski definition) is 1. The Bertz CT molecular complexity index is 1040. The zero-order valence-electron chi connectivity index (χ0n) is 19.6. The van der Waals surface area contributed by atoms with Gasteiger partial charge < -0.3 is 33.2 Å². The predicted molar refractivity (Wildman–Crippen MR) is 125 cm³/mol. The van der Waals surface area contributed by atoms with E-state index in [-0.39, 0.29) is 20.0 Å². The van der Waals surface area contributed by atoms with Crippen molar-refractivity contribution in [2.45, 2.75) is 25.4 Å². The third-order valence-corrected chi connectivity index (χ3v) is 5.15. The molecule has 182 valence electrons. The van der Waals surface area contributed by atoms with Gasteiger partial charge in [0.25, 0.3) is 0 Å². The van der Waals surface area contributed by atoms with E-state index in [1.165, 1.54) is 21.3 Å². The Morgan fingerprint density at radius 1 is 0.971 bits per heavy atom. The monoisotopic (exact) mass is 470 g/mol. The number of carbonyl (C=O) groups is 1. The number of esters is 1. The summed E-state index contributed by atoms with van der Waals surface area (Å²) in [5.74, 6) is 1.70. The van der Waals surface area contributed by atoms with E-state index in [4.69, 9.17) is 28.1 Å². The van der Waals surface area contributed by atoms with Gasteiger partial charge in [0.15, 0.2) is 13.6 Å². The molecule has 34 heavy (non-hydrogen) atoms. The molecular weight excluding hydrogens is 440 g/mol. The van der Waals surface area contributed by atoms with Crippen LogP contribution in [0.25, 0.3) is 11.3 Å². The van der Waals surface area contributed by atoms with Crippen LogP contribution in [-0.2, 0) is 31.8 Å². The van der Waals surface area contributed by atoms with E-state index in [9.17, 15) is 9.90 Å². The minimum absolute atomic E-state index is 0.00473. The topological polar surface area (TPSA) is 96.6 Å². The van der Waals surface area contributed by atoms with Crippen molar-refractivity contribution in [1.29, 1.82) is 0 Å². The Morgan fingerprint density at radius 3 is 2.41 bits per heavy atom. The maximum Gasteiger partial charge on any atom is 0.310 e. The van der Waals surface area contributed by atoms with Gasteiger partial charge in [0, 0.05) is 26.7 Å². The van der Waals surface area contributed by atoms with Crippen molar-refractivity contribution >= 4 is 5.97 Å². The first-order valence-corrected chi connectivity index (χ1v) is 10.8. The summed E-state index contributed by atoms with van der Waals surface area (Å²) in [5.41, 5.74) is 2.07. The molecular formula is C26H30O8. The number of ether oxygens (including phenoxy) is 5. The second-order valence-corrected chi connectivity index (χ2v) is 7.54. The molecule has 1 unspecified atom stereocenters. The van der Waals surface area contributed by atoms with Crippen LogP contribution in [0, 0.1) is 0 Å². The fourth-order valence-corrected chi connectivity index (χ4v) is 3.51. The summed E-state index contributed by atoms with van der Waals surface area (Å²) in [6.45, 7) is 0.0323. The molecule has 0 aliphatic heterocycles. The predicted octanol–water partition coefficient (Wildman–Crippen LogP) is 4.29. The lowest BCUT2D eigenvalue weighted by atomic mass is 10.0. The van der Waals surface area contributed by atoms with E-state index in [1.807, 2.05) is 42.5 Å². The first-order chi connectivity index (χ1) is 16.5. The molecule has 0 radical (unpaired) electrons. The van der Waals surface area contributed by atoms with Gasteiger partial charge in [-0.3, -0.25) is 4.79 Å². The third-order valence-electron chi connectivity index (χ3n) is 5.15. The van der Waals surface area contributed by atoms with Gasteiger partial charge in [-0.15, -0.1) is 0 Å². The molecule has 8 heteroatoms. The van der Waals surface area contributed by atoms with Crippen molar-refractivity contribution in [2.75, 3.05) is 34.9 Å². The lowest BCUT2D eigenvalue weighted by Crippen LogP contribution is -2.09. The molecule has 0 saturated carbocycles. The molecule has 0 amide bonds. The highest BCUT2D eigenvalue weighted by Crippen LogP contribution is 2.39. The molecule has 0 spiro atoms. The molecule has 8 nitrogen and oxygen atoms in total. The van der Waals surface area contributed by atoms with Crippen molar-refractivity contribution in [3.63, 3.8) is 0 Å². The molecule has 0 aliphatic carbocycles. The van der Waals surface area contributed by atoms with Gasteiger partial charge in [-0.2, -0.15) is 0 Å². The van der Waals surface area contributed by atoms with E-state index in [2.05, 4.69) is 0 Å². The van der Waals surface area contributed by atoms with E-state index >= 15 is 0 Å². The van der Waals surface area contributed by atoms with Crippen LogP contribution < -0.4 is 9.47 Å². The van der Waals surface area contributed by atoms with Crippen molar-refractivity contribution in [2.24, 2.45) is 0 Å². The zero-order valence-corrected chi connectivity index (χ0v) is 19.6. The number of carbonyl (C=O) groups excluding carboxylic acids is 1. The van der Waals surface area contributed by atoms with Gasteiger partial charge in [0.1, 0.15) is 23.0 Å². The Kier molecular flexibility index (Phi) is 9.51. The Labute approximate surface area is 199 Å². The molecule has 1 heterocycles. The smallest absolute Gasteiger partial charge is 0.310 e. The minimum Gasteiger partial charge on any atom is -0.469 e. The van der Waals surface area contributed by atoms with Crippen LogP contribution in [0.4, 0.5) is 0 Å². The number of methoxy groups -OCH3 is 3. The number of aliphatic hydroxyl groups excluding tert-OH is 1. The molecule has 0 aliphatic rings. The molecule has 3 rings (SSSR count). The summed E-state index contributed by atoms with van der Waals surface area (Å²) < 4.78 is 32.4. The zero-order chi connectivity index (χ0) is 24.3. The van der Waals surface area contributed by atoms with Gasteiger partial charge >= 0.3 is 5.97 Å². The average Bonchev–Trinajstić information content (AvgIpc) is 3.33. The van der Waals surface area contributed by atoms with Gasteiger partial charge in [-0.05, 0) is 35.7 Å². The minimum atomic E-state index is -0.595. The van der Waals surface area contributed by atoms with E-state index in [1.54, 1.807) is 12.1 Å². The summed E-state index contributed by atoms with van der Waals surface area (Å²) in [7, 11) is 4.37. The Morgan fingerprint density at radius 2 is 1.71 bits per heavy atom. The Hall–Kier alpha value is -3.33. The molecule has 3 aromatic rings. The first kappa shape index (κ1) is 25.3. The number of rotatable bonds is 13. The van der Waals surface area contributed by atoms with Crippen LogP contribution in [0.5, 0.6) is 11.5 Å². The summed E-state index contributed by atoms with van der Waals surface area (Å²) in [4.78, 5) is 12.1. The SMILES string of the molecule is COCOc1cc(CC(=O)OC)c(-c2ccc(CCC(O)c3ccccc3)o2)c(OCOC)c1. The number of aryl methyl sites for hydroxylation is 1. The quantitative estimate of drug-likeness (QED) is 0.292. The molecule has 0 fully saturated rings. The third kappa shape index (κ3) is 6.84. The molecule has 0 bridgehead atoms. The summed E-state index contributed by atoms with van der Waals surface area (Å²) >= 11 is 0. The van der Waals surface area contributed by atoms with Crippen LogP contribution in [0.3, 0.4) is 0 Å². The standard InChI is InChI=1S/C26H30O8/c1-29-16-32-21-13-19(14-25(28)31-3)26(24(15-21)33-17-30-2)23-12-10-20(34-23)9-11-22(27)18-7-5-4-6-8-18/h4-8,10,12-13,15,22,27H,9,11,14,16-17H2,1-3H3. The number of aliphatic hydroxyl groups is 1. The Balaban J connectivity index is 1.89. The number of benzene rings is 2. The maximum atomic E-state index is 12.1. The van der Waals surface area contributed by atoms with Gasteiger partial charge in [-0.1, -0.05) is 30.3 Å².